The van der Waals surface area contributed by atoms with Crippen LogP contribution in [0.1, 0.15) is 23.6 Å². The average molecular weight is 242 g/mol. The van der Waals surface area contributed by atoms with E-state index in [1.165, 1.54) is 6.08 Å². The van der Waals surface area contributed by atoms with Gasteiger partial charge in [-0.25, -0.2) is 0 Å². The van der Waals surface area contributed by atoms with Gasteiger partial charge in [0.2, 0.25) is 6.10 Å². The van der Waals surface area contributed by atoms with E-state index in [9.17, 15) is 13.2 Å². The van der Waals surface area contributed by atoms with Gasteiger partial charge in [0.25, 0.3) is 0 Å². The Labute approximate surface area is 97.9 Å². The Morgan fingerprint density at radius 3 is 2.59 bits per heavy atom. The lowest BCUT2D eigenvalue weighted by Crippen LogP contribution is -2.34. The number of alkyl halides is 3. The third-order valence-electron chi connectivity index (χ3n) is 2.79. The standard InChI is InChI=1S/C13H13F3O/c1-3-9-6-8(2)12-10(7-9)4-5-11(17-12)13(14,15)16/h4-7,11H,3H2,1-2H3/t11-/m0/s1. The first kappa shape index (κ1) is 12.0. The van der Waals surface area contributed by atoms with Gasteiger partial charge in [0, 0.05) is 5.56 Å². The Bertz CT molecular complexity index is 460. The fraction of sp³-hybridized carbons (Fsp3) is 0.385. The summed E-state index contributed by atoms with van der Waals surface area (Å²) in [6.07, 6.45) is -2.79. The van der Waals surface area contributed by atoms with Crippen LogP contribution in [0.4, 0.5) is 13.2 Å². The second-order valence-electron chi connectivity index (χ2n) is 4.12. The van der Waals surface area contributed by atoms with Gasteiger partial charge in [0.1, 0.15) is 5.75 Å². The first-order valence-corrected chi connectivity index (χ1v) is 5.47. The minimum absolute atomic E-state index is 0.340. The van der Waals surface area contributed by atoms with Gasteiger partial charge in [0.15, 0.2) is 0 Å². The van der Waals surface area contributed by atoms with Crippen LogP contribution in [0.5, 0.6) is 5.75 Å². The fourth-order valence-corrected chi connectivity index (χ4v) is 1.90. The number of ether oxygens (including phenoxy) is 1. The van der Waals surface area contributed by atoms with Crippen LogP contribution in [0.3, 0.4) is 0 Å². The molecule has 1 nitrogen and oxygen atoms in total. The number of hydrogen-bond donors (Lipinski definition) is 0. The lowest BCUT2D eigenvalue weighted by Gasteiger charge is -2.25. The quantitative estimate of drug-likeness (QED) is 0.725. The lowest BCUT2D eigenvalue weighted by atomic mass is 10.0. The number of hydrogen-bond acceptors (Lipinski definition) is 1. The number of benzene rings is 1. The third kappa shape index (κ3) is 2.30. The predicted molar refractivity (Wildman–Crippen MR) is 60.1 cm³/mol. The van der Waals surface area contributed by atoms with Gasteiger partial charge in [-0.1, -0.05) is 19.1 Å². The highest BCUT2D eigenvalue weighted by atomic mass is 19.4. The molecule has 0 spiro atoms. The van der Waals surface area contributed by atoms with E-state index in [1.807, 2.05) is 19.1 Å². The van der Waals surface area contributed by atoms with Crippen molar-refractivity contribution in [2.24, 2.45) is 0 Å². The molecule has 0 amide bonds. The van der Waals surface area contributed by atoms with Crippen LogP contribution in [0, 0.1) is 6.92 Å². The topological polar surface area (TPSA) is 9.23 Å². The summed E-state index contributed by atoms with van der Waals surface area (Å²) in [5, 5.41) is 0. The van der Waals surface area contributed by atoms with Gasteiger partial charge in [-0.2, -0.15) is 13.2 Å². The zero-order valence-electron chi connectivity index (χ0n) is 9.64. The highest BCUT2D eigenvalue weighted by molar-refractivity contribution is 5.63. The highest BCUT2D eigenvalue weighted by Gasteiger charge is 2.41. The Hall–Kier alpha value is -1.45. The molecule has 1 aliphatic heterocycles. The molecule has 1 heterocycles. The summed E-state index contributed by atoms with van der Waals surface area (Å²) in [5.41, 5.74) is 2.57. The van der Waals surface area contributed by atoms with Crippen LogP contribution in [0.15, 0.2) is 18.2 Å². The molecule has 1 aromatic carbocycles. The molecule has 0 aliphatic carbocycles. The maximum Gasteiger partial charge on any atom is 0.429 e. The Morgan fingerprint density at radius 1 is 1.29 bits per heavy atom. The predicted octanol–water partition coefficient (Wildman–Crippen LogP) is 3.89. The van der Waals surface area contributed by atoms with Crippen molar-refractivity contribution in [3.05, 3.63) is 34.9 Å². The van der Waals surface area contributed by atoms with E-state index in [-0.39, 0.29) is 0 Å². The summed E-state index contributed by atoms with van der Waals surface area (Å²) in [6.45, 7) is 3.78. The van der Waals surface area contributed by atoms with Gasteiger partial charge in [-0.05, 0) is 36.6 Å². The molecular weight excluding hydrogens is 229 g/mol. The zero-order chi connectivity index (χ0) is 12.6. The molecule has 4 heteroatoms. The molecule has 17 heavy (non-hydrogen) atoms. The Balaban J connectivity index is 2.40. The van der Waals surface area contributed by atoms with Crippen molar-refractivity contribution in [3.8, 4) is 5.75 Å². The van der Waals surface area contributed by atoms with Gasteiger partial charge in [0.05, 0.1) is 0 Å². The molecule has 1 atom stereocenters. The monoisotopic (exact) mass is 242 g/mol. The minimum Gasteiger partial charge on any atom is -0.476 e. The third-order valence-corrected chi connectivity index (χ3v) is 2.79. The maximum atomic E-state index is 12.5. The molecule has 0 saturated carbocycles. The number of rotatable bonds is 1. The first-order chi connectivity index (χ1) is 7.91. The van der Waals surface area contributed by atoms with Gasteiger partial charge >= 0.3 is 6.18 Å². The Morgan fingerprint density at radius 2 is 2.00 bits per heavy atom. The van der Waals surface area contributed by atoms with Gasteiger partial charge < -0.3 is 4.74 Å². The molecule has 0 N–H and O–H groups in total. The number of aryl methyl sites for hydroxylation is 2. The first-order valence-electron chi connectivity index (χ1n) is 5.47. The van der Waals surface area contributed by atoms with E-state index < -0.39 is 12.3 Å². The largest absolute Gasteiger partial charge is 0.476 e. The molecule has 1 aliphatic rings. The van der Waals surface area contributed by atoms with Crippen LogP contribution < -0.4 is 4.74 Å². The van der Waals surface area contributed by atoms with Gasteiger partial charge in [-0.3, -0.25) is 0 Å². The summed E-state index contributed by atoms with van der Waals surface area (Å²) >= 11 is 0. The molecule has 0 unspecified atom stereocenters. The SMILES string of the molecule is CCc1cc(C)c2c(c1)C=C[C@@H](C(F)(F)F)O2. The zero-order valence-corrected chi connectivity index (χ0v) is 9.64. The molecule has 2 rings (SSSR count). The molecule has 1 aromatic rings. The van der Waals surface area contributed by atoms with Crippen LogP contribution >= 0.6 is 0 Å². The molecule has 0 aromatic heterocycles. The molecule has 0 saturated heterocycles. The van der Waals surface area contributed by atoms with Crippen molar-refractivity contribution < 1.29 is 17.9 Å². The minimum atomic E-state index is -4.36. The summed E-state index contributed by atoms with van der Waals surface area (Å²) in [6, 6.07) is 3.73. The lowest BCUT2D eigenvalue weighted by molar-refractivity contribution is -0.180. The summed E-state index contributed by atoms with van der Waals surface area (Å²) in [5.74, 6) is 0.340. The van der Waals surface area contributed by atoms with E-state index in [4.69, 9.17) is 4.74 Å². The van der Waals surface area contributed by atoms with Crippen LogP contribution in [-0.2, 0) is 6.42 Å². The second-order valence-corrected chi connectivity index (χ2v) is 4.12. The van der Waals surface area contributed by atoms with Crippen LogP contribution in [0.2, 0.25) is 0 Å². The van der Waals surface area contributed by atoms with Crippen molar-refractivity contribution in [3.63, 3.8) is 0 Å². The number of fused-ring (bicyclic) bond motifs is 1. The Kier molecular flexibility index (Phi) is 2.89. The van der Waals surface area contributed by atoms with E-state index in [1.54, 1.807) is 6.92 Å². The van der Waals surface area contributed by atoms with Crippen molar-refractivity contribution in [2.75, 3.05) is 0 Å². The van der Waals surface area contributed by atoms with Crippen molar-refractivity contribution >= 4 is 6.08 Å². The summed E-state index contributed by atoms with van der Waals surface area (Å²) < 4.78 is 42.6. The fourth-order valence-electron chi connectivity index (χ4n) is 1.90. The second kappa shape index (κ2) is 4.09. The van der Waals surface area contributed by atoms with Gasteiger partial charge in [-0.15, -0.1) is 0 Å². The van der Waals surface area contributed by atoms with Crippen LogP contribution in [0.25, 0.3) is 6.08 Å². The van der Waals surface area contributed by atoms with Crippen molar-refractivity contribution in [2.45, 2.75) is 32.5 Å². The molecule has 0 radical (unpaired) electrons. The number of halogens is 3. The smallest absolute Gasteiger partial charge is 0.429 e. The van der Waals surface area contributed by atoms with Crippen LogP contribution in [-0.4, -0.2) is 12.3 Å². The molecule has 0 fully saturated rings. The summed E-state index contributed by atoms with van der Waals surface area (Å²) in [4.78, 5) is 0. The molecule has 0 bridgehead atoms. The molecular formula is C13H13F3O. The van der Waals surface area contributed by atoms with E-state index >= 15 is 0 Å². The molecule has 92 valence electrons. The van der Waals surface area contributed by atoms with E-state index in [0.29, 0.717) is 5.75 Å². The van der Waals surface area contributed by atoms with E-state index in [0.717, 1.165) is 29.2 Å². The summed E-state index contributed by atoms with van der Waals surface area (Å²) in [7, 11) is 0. The maximum absolute atomic E-state index is 12.5. The van der Waals surface area contributed by atoms with Crippen molar-refractivity contribution in [1.29, 1.82) is 0 Å². The highest BCUT2D eigenvalue weighted by Crippen LogP contribution is 2.35. The van der Waals surface area contributed by atoms with E-state index in [2.05, 4.69) is 0 Å². The normalized spacial score (nSPS) is 18.8. The van der Waals surface area contributed by atoms with Crippen molar-refractivity contribution in [1.82, 2.24) is 0 Å². The average Bonchev–Trinajstić information content (AvgIpc) is 2.27.